The van der Waals surface area contributed by atoms with E-state index in [-0.39, 0.29) is 23.4 Å². The summed E-state index contributed by atoms with van der Waals surface area (Å²) in [6.45, 7) is 2.96. The van der Waals surface area contributed by atoms with Crippen molar-refractivity contribution in [3.8, 4) is 11.3 Å². The molecule has 2 aromatic heterocycles. The molecule has 3 heterocycles. The number of aryl methyl sites for hydroxylation is 1. The van der Waals surface area contributed by atoms with Crippen LogP contribution in [0, 0.1) is 12.8 Å². The van der Waals surface area contributed by atoms with Crippen LogP contribution >= 0.6 is 0 Å². The highest BCUT2D eigenvalue weighted by Gasteiger charge is 2.29. The summed E-state index contributed by atoms with van der Waals surface area (Å²) in [4.78, 5) is 31.1. The third-order valence-electron chi connectivity index (χ3n) is 5.10. The van der Waals surface area contributed by atoms with Crippen LogP contribution in [0.5, 0.6) is 0 Å². The van der Waals surface area contributed by atoms with Crippen molar-refractivity contribution in [2.75, 3.05) is 18.4 Å². The lowest BCUT2D eigenvalue weighted by molar-refractivity contribution is -0.121. The van der Waals surface area contributed by atoms with Crippen LogP contribution in [0.25, 0.3) is 11.3 Å². The van der Waals surface area contributed by atoms with E-state index in [1.807, 2.05) is 43.3 Å². The van der Waals surface area contributed by atoms with E-state index >= 15 is 0 Å². The average Bonchev–Trinajstić information content (AvgIpc) is 3.26. The summed E-state index contributed by atoms with van der Waals surface area (Å²) in [5, 5.41) is 6.79. The van der Waals surface area contributed by atoms with Crippen molar-refractivity contribution in [2.45, 2.75) is 19.8 Å². The van der Waals surface area contributed by atoms with Gasteiger partial charge in [-0.2, -0.15) is 0 Å². The summed E-state index contributed by atoms with van der Waals surface area (Å²) in [5.41, 5.74) is 2.20. The number of amides is 2. The topological polar surface area (TPSA) is 88.3 Å². The molecule has 0 radical (unpaired) electrons. The van der Waals surface area contributed by atoms with Gasteiger partial charge in [0, 0.05) is 36.8 Å². The van der Waals surface area contributed by atoms with Gasteiger partial charge >= 0.3 is 0 Å². The van der Waals surface area contributed by atoms with E-state index in [0.717, 1.165) is 11.1 Å². The number of benzene rings is 1. The predicted octanol–water partition coefficient (Wildman–Crippen LogP) is 3.54. The minimum absolute atomic E-state index is 0.0544. The molecule has 1 aromatic carbocycles. The molecule has 0 unspecified atom stereocenters. The molecule has 1 aliphatic rings. The first-order valence-electron chi connectivity index (χ1n) is 9.65. The fourth-order valence-electron chi connectivity index (χ4n) is 3.39. The van der Waals surface area contributed by atoms with Crippen molar-refractivity contribution in [1.29, 1.82) is 0 Å². The molecule has 3 aromatic rings. The molecule has 1 N–H and O–H groups in total. The molecule has 0 aliphatic carbocycles. The van der Waals surface area contributed by atoms with Crippen LogP contribution in [0.15, 0.2) is 59.3 Å². The Labute approximate surface area is 168 Å². The first-order chi connectivity index (χ1) is 14.1. The molecule has 1 fully saturated rings. The van der Waals surface area contributed by atoms with E-state index in [4.69, 9.17) is 4.52 Å². The van der Waals surface area contributed by atoms with Gasteiger partial charge in [-0.3, -0.25) is 9.59 Å². The van der Waals surface area contributed by atoms with E-state index in [0.29, 0.717) is 37.5 Å². The lowest BCUT2D eigenvalue weighted by Gasteiger charge is -2.30. The quantitative estimate of drug-likeness (QED) is 0.736. The Morgan fingerprint density at radius 2 is 1.86 bits per heavy atom. The minimum atomic E-state index is -0.171. The van der Waals surface area contributed by atoms with Crippen LogP contribution in [0.3, 0.4) is 0 Å². The zero-order valence-electron chi connectivity index (χ0n) is 16.2. The van der Waals surface area contributed by atoms with E-state index in [1.54, 1.807) is 23.2 Å². The molecule has 0 saturated carbocycles. The Balaban J connectivity index is 1.33. The molecule has 0 atom stereocenters. The summed E-state index contributed by atoms with van der Waals surface area (Å²) in [6.07, 6.45) is 2.93. The Kier molecular flexibility index (Phi) is 5.37. The SMILES string of the molecule is Cc1ccc(NC(=O)C2CCN(C(=O)c3cc(-c4ccccc4)on3)CC2)nc1. The van der Waals surface area contributed by atoms with Crippen LogP contribution in [-0.4, -0.2) is 39.9 Å². The standard InChI is InChI=1S/C22H22N4O3/c1-15-7-8-20(23-14-15)24-21(27)17-9-11-26(12-10-17)22(28)18-13-19(29-25-18)16-5-3-2-4-6-16/h2-8,13-14,17H,9-12H2,1H3,(H,23,24,27). The van der Waals surface area contributed by atoms with Crippen molar-refractivity contribution in [3.05, 3.63) is 66.0 Å². The van der Waals surface area contributed by atoms with Gasteiger partial charge in [-0.05, 0) is 31.4 Å². The van der Waals surface area contributed by atoms with Gasteiger partial charge in [0.1, 0.15) is 5.82 Å². The molecule has 0 spiro atoms. The number of nitrogens with zero attached hydrogens (tertiary/aromatic N) is 3. The second-order valence-corrected chi connectivity index (χ2v) is 7.22. The highest BCUT2D eigenvalue weighted by Crippen LogP contribution is 2.23. The summed E-state index contributed by atoms with van der Waals surface area (Å²) in [7, 11) is 0. The number of pyridine rings is 1. The van der Waals surface area contributed by atoms with E-state index in [2.05, 4.69) is 15.5 Å². The molecule has 7 heteroatoms. The number of aromatic nitrogens is 2. The second kappa shape index (κ2) is 8.26. The molecule has 7 nitrogen and oxygen atoms in total. The highest BCUT2D eigenvalue weighted by molar-refractivity contribution is 5.94. The molecular formula is C22H22N4O3. The van der Waals surface area contributed by atoms with Gasteiger partial charge in [0.25, 0.3) is 5.91 Å². The van der Waals surface area contributed by atoms with Gasteiger partial charge in [-0.1, -0.05) is 41.6 Å². The summed E-state index contributed by atoms with van der Waals surface area (Å²) in [6, 6.07) is 14.9. The minimum Gasteiger partial charge on any atom is -0.355 e. The highest BCUT2D eigenvalue weighted by atomic mass is 16.5. The van der Waals surface area contributed by atoms with Gasteiger partial charge in [-0.15, -0.1) is 0 Å². The first-order valence-corrected chi connectivity index (χ1v) is 9.65. The van der Waals surface area contributed by atoms with Crippen LogP contribution in [0.1, 0.15) is 28.9 Å². The fraction of sp³-hybridized carbons (Fsp3) is 0.273. The third-order valence-corrected chi connectivity index (χ3v) is 5.10. The molecule has 29 heavy (non-hydrogen) atoms. The lowest BCUT2D eigenvalue weighted by Crippen LogP contribution is -2.41. The Morgan fingerprint density at radius 3 is 2.55 bits per heavy atom. The first kappa shape index (κ1) is 18.9. The number of hydrogen-bond acceptors (Lipinski definition) is 5. The van der Waals surface area contributed by atoms with E-state index in [9.17, 15) is 9.59 Å². The molecule has 1 aliphatic heterocycles. The summed E-state index contributed by atoms with van der Waals surface area (Å²) in [5.74, 6) is 0.750. The van der Waals surface area contributed by atoms with Gasteiger partial charge in [0.2, 0.25) is 5.91 Å². The van der Waals surface area contributed by atoms with Crippen LogP contribution in [0.2, 0.25) is 0 Å². The molecule has 2 amide bonds. The zero-order chi connectivity index (χ0) is 20.2. The van der Waals surface area contributed by atoms with E-state index < -0.39 is 0 Å². The maximum Gasteiger partial charge on any atom is 0.276 e. The van der Waals surface area contributed by atoms with Gasteiger partial charge in [-0.25, -0.2) is 4.98 Å². The van der Waals surface area contributed by atoms with Gasteiger partial charge < -0.3 is 14.7 Å². The average molecular weight is 390 g/mol. The number of carbonyl (C=O) groups excluding carboxylic acids is 2. The van der Waals surface area contributed by atoms with E-state index in [1.165, 1.54) is 0 Å². The number of likely N-dealkylation sites (tertiary alicyclic amines) is 1. The second-order valence-electron chi connectivity index (χ2n) is 7.22. The summed E-state index contributed by atoms with van der Waals surface area (Å²) >= 11 is 0. The smallest absolute Gasteiger partial charge is 0.276 e. The molecular weight excluding hydrogens is 368 g/mol. The monoisotopic (exact) mass is 390 g/mol. The maximum absolute atomic E-state index is 12.7. The van der Waals surface area contributed by atoms with Crippen LogP contribution < -0.4 is 5.32 Å². The van der Waals surface area contributed by atoms with Crippen molar-refractivity contribution < 1.29 is 14.1 Å². The number of piperidine rings is 1. The predicted molar refractivity (Wildman–Crippen MR) is 108 cm³/mol. The van der Waals surface area contributed by atoms with Crippen LogP contribution in [-0.2, 0) is 4.79 Å². The number of nitrogens with one attached hydrogen (secondary N) is 1. The Bertz CT molecular complexity index is 990. The molecule has 148 valence electrons. The third kappa shape index (κ3) is 4.34. The van der Waals surface area contributed by atoms with Crippen molar-refractivity contribution in [1.82, 2.24) is 15.0 Å². The lowest BCUT2D eigenvalue weighted by atomic mass is 9.95. The molecule has 0 bridgehead atoms. The molecule has 1 saturated heterocycles. The van der Waals surface area contributed by atoms with Crippen LogP contribution in [0.4, 0.5) is 5.82 Å². The van der Waals surface area contributed by atoms with Gasteiger partial charge in [0.15, 0.2) is 11.5 Å². The fourth-order valence-corrected chi connectivity index (χ4v) is 3.39. The van der Waals surface area contributed by atoms with Crippen molar-refractivity contribution >= 4 is 17.6 Å². The maximum atomic E-state index is 12.7. The zero-order valence-corrected chi connectivity index (χ0v) is 16.2. The number of hydrogen-bond donors (Lipinski definition) is 1. The Morgan fingerprint density at radius 1 is 1.10 bits per heavy atom. The normalized spacial score (nSPS) is 14.6. The number of carbonyl (C=O) groups is 2. The summed E-state index contributed by atoms with van der Waals surface area (Å²) < 4.78 is 5.33. The Hall–Kier alpha value is -3.48. The van der Waals surface area contributed by atoms with Crippen molar-refractivity contribution in [3.63, 3.8) is 0 Å². The number of anilines is 1. The van der Waals surface area contributed by atoms with Gasteiger partial charge in [0.05, 0.1) is 0 Å². The molecule has 4 rings (SSSR count). The number of rotatable bonds is 4. The largest absolute Gasteiger partial charge is 0.355 e. The van der Waals surface area contributed by atoms with Crippen molar-refractivity contribution in [2.24, 2.45) is 5.92 Å².